The molecule has 0 heterocycles. The van der Waals surface area contributed by atoms with Crippen molar-refractivity contribution < 1.29 is 19.1 Å². The Labute approximate surface area is 226 Å². The average Bonchev–Trinajstić information content (AvgIpc) is 2.90. The van der Waals surface area contributed by atoms with Gasteiger partial charge >= 0.3 is 11.9 Å². The third-order valence-electron chi connectivity index (χ3n) is 5.01. The Morgan fingerprint density at radius 1 is 0.579 bits per heavy atom. The predicted octanol–water partition coefficient (Wildman–Crippen LogP) is 6.07. The average molecular weight is 519 g/mol. The van der Waals surface area contributed by atoms with Crippen LogP contribution in [0.15, 0.2) is 66.7 Å². The Morgan fingerprint density at radius 2 is 0.921 bits per heavy atom. The number of hydrogen-bond donors (Lipinski definition) is 0. The van der Waals surface area contributed by atoms with Gasteiger partial charge in [0.1, 0.15) is 8.07 Å². The summed E-state index contributed by atoms with van der Waals surface area (Å²) in [7, 11) is -1.40. The number of carbonyl (C=O) groups excluding carboxylic acids is 2. The first kappa shape index (κ1) is 28.1. The van der Waals surface area contributed by atoms with Gasteiger partial charge in [-0.1, -0.05) is 49.2 Å². The van der Waals surface area contributed by atoms with Crippen molar-refractivity contribution in [2.45, 2.75) is 33.5 Å². The number of carbonyl (C=O) groups is 2. The van der Waals surface area contributed by atoms with E-state index in [2.05, 4.69) is 54.8 Å². The smallest absolute Gasteiger partial charge is 0.338 e. The highest BCUT2D eigenvalue weighted by molar-refractivity contribution is 6.83. The maximum absolute atomic E-state index is 12.2. The zero-order valence-electron chi connectivity index (χ0n) is 22.4. The zero-order valence-corrected chi connectivity index (χ0v) is 23.4. The second kappa shape index (κ2) is 13.2. The topological polar surface area (TPSA) is 52.6 Å². The van der Waals surface area contributed by atoms with Crippen LogP contribution in [0.25, 0.3) is 0 Å². The third kappa shape index (κ3) is 8.86. The first-order chi connectivity index (χ1) is 18.2. The van der Waals surface area contributed by atoms with E-state index in [1.165, 1.54) is 6.07 Å². The SMILES string of the molecule is CCOC(=O)c1cc(C#Cc2ccc(C#Cc3ccc(C#C[Si](C)(C)C)cc3)cc2)cc(C(=O)OCC)c1. The summed E-state index contributed by atoms with van der Waals surface area (Å²) in [6.45, 7) is 10.6. The highest BCUT2D eigenvalue weighted by atomic mass is 28.3. The van der Waals surface area contributed by atoms with E-state index in [9.17, 15) is 9.59 Å². The molecule has 0 saturated heterocycles. The van der Waals surface area contributed by atoms with Crippen molar-refractivity contribution in [1.82, 2.24) is 0 Å². The van der Waals surface area contributed by atoms with Crippen LogP contribution in [-0.2, 0) is 9.47 Å². The fraction of sp³-hybridized carbons (Fsp3) is 0.212. The summed E-state index contributed by atoms with van der Waals surface area (Å²) in [5.74, 6) is 14.7. The van der Waals surface area contributed by atoms with Crippen molar-refractivity contribution in [2.24, 2.45) is 0 Å². The molecule has 38 heavy (non-hydrogen) atoms. The van der Waals surface area contributed by atoms with Crippen LogP contribution in [0.3, 0.4) is 0 Å². The van der Waals surface area contributed by atoms with Crippen molar-refractivity contribution >= 4 is 20.0 Å². The number of ether oxygens (including phenoxy) is 2. The summed E-state index contributed by atoms with van der Waals surface area (Å²) in [4.78, 5) is 24.5. The Hall–Kier alpha value is -4.50. The molecule has 0 aliphatic heterocycles. The zero-order chi connectivity index (χ0) is 27.5. The molecular formula is C33H30O4Si. The molecule has 3 aromatic carbocycles. The van der Waals surface area contributed by atoms with Gasteiger partial charge in [0.05, 0.1) is 24.3 Å². The molecule has 0 atom stereocenters. The normalized spacial score (nSPS) is 10.0. The van der Waals surface area contributed by atoms with E-state index in [1.54, 1.807) is 26.0 Å². The van der Waals surface area contributed by atoms with Gasteiger partial charge in [-0.3, -0.25) is 0 Å². The molecule has 0 unspecified atom stereocenters. The van der Waals surface area contributed by atoms with Crippen LogP contribution in [0.5, 0.6) is 0 Å². The first-order valence-corrected chi connectivity index (χ1v) is 15.9. The number of rotatable bonds is 4. The van der Waals surface area contributed by atoms with Gasteiger partial charge in [-0.15, -0.1) is 5.54 Å². The van der Waals surface area contributed by atoms with E-state index in [0.29, 0.717) is 5.56 Å². The summed E-state index contributed by atoms with van der Waals surface area (Å²) >= 11 is 0. The Balaban J connectivity index is 1.76. The Bertz CT molecular complexity index is 1460. The van der Waals surface area contributed by atoms with Crippen LogP contribution < -0.4 is 0 Å². The van der Waals surface area contributed by atoms with E-state index in [0.717, 1.165) is 22.3 Å². The lowest BCUT2D eigenvalue weighted by Crippen LogP contribution is -2.16. The minimum absolute atomic E-state index is 0.234. The number of benzene rings is 3. The van der Waals surface area contributed by atoms with Gasteiger partial charge in [0, 0.05) is 27.8 Å². The molecule has 4 nitrogen and oxygen atoms in total. The Morgan fingerprint density at radius 3 is 1.26 bits per heavy atom. The summed E-state index contributed by atoms with van der Waals surface area (Å²) in [6, 6.07) is 20.2. The van der Waals surface area contributed by atoms with Crippen molar-refractivity contribution in [3.05, 3.63) is 106 Å². The van der Waals surface area contributed by atoms with Crippen molar-refractivity contribution in [3.63, 3.8) is 0 Å². The highest BCUT2D eigenvalue weighted by Gasteiger charge is 2.14. The van der Waals surface area contributed by atoms with Crippen molar-refractivity contribution in [2.75, 3.05) is 13.2 Å². The number of hydrogen-bond acceptors (Lipinski definition) is 4. The van der Waals surface area contributed by atoms with E-state index in [1.807, 2.05) is 48.5 Å². The molecule has 0 aliphatic carbocycles. The van der Waals surface area contributed by atoms with Gasteiger partial charge in [0.15, 0.2) is 0 Å². The summed E-state index contributed by atoms with van der Waals surface area (Å²) < 4.78 is 10.2. The maximum atomic E-state index is 12.2. The molecular weight excluding hydrogens is 488 g/mol. The molecule has 0 amide bonds. The predicted molar refractivity (Wildman–Crippen MR) is 153 cm³/mol. The molecule has 0 fully saturated rings. The van der Waals surface area contributed by atoms with Gasteiger partial charge in [-0.2, -0.15) is 0 Å². The molecule has 0 saturated carbocycles. The minimum atomic E-state index is -1.40. The van der Waals surface area contributed by atoms with Crippen LogP contribution in [-0.4, -0.2) is 33.2 Å². The summed E-state index contributed by atoms with van der Waals surface area (Å²) in [5.41, 5.74) is 7.96. The second-order valence-electron chi connectivity index (χ2n) is 9.39. The highest BCUT2D eigenvalue weighted by Crippen LogP contribution is 2.13. The van der Waals surface area contributed by atoms with Crippen molar-refractivity contribution in [1.29, 1.82) is 0 Å². The van der Waals surface area contributed by atoms with Crippen LogP contribution >= 0.6 is 0 Å². The summed E-state index contributed by atoms with van der Waals surface area (Å²) in [5, 5.41) is 0. The fourth-order valence-electron chi connectivity index (χ4n) is 3.19. The van der Waals surface area contributed by atoms with Gasteiger partial charge in [0.2, 0.25) is 0 Å². The molecule has 3 rings (SSSR count). The van der Waals surface area contributed by atoms with Gasteiger partial charge < -0.3 is 9.47 Å². The van der Waals surface area contributed by atoms with E-state index >= 15 is 0 Å². The van der Waals surface area contributed by atoms with E-state index in [4.69, 9.17) is 9.47 Å². The monoisotopic (exact) mass is 518 g/mol. The third-order valence-corrected chi connectivity index (χ3v) is 5.88. The number of esters is 2. The fourth-order valence-corrected chi connectivity index (χ4v) is 3.71. The largest absolute Gasteiger partial charge is 0.462 e. The molecule has 0 aromatic heterocycles. The lowest BCUT2D eigenvalue weighted by molar-refractivity contribution is 0.0525. The van der Waals surface area contributed by atoms with Gasteiger partial charge in [0.25, 0.3) is 0 Å². The van der Waals surface area contributed by atoms with Crippen LogP contribution in [0.2, 0.25) is 19.6 Å². The first-order valence-electron chi connectivity index (χ1n) is 12.4. The maximum Gasteiger partial charge on any atom is 0.338 e. The van der Waals surface area contributed by atoms with Gasteiger partial charge in [-0.05, 0) is 80.6 Å². The molecule has 5 heteroatoms. The molecule has 0 bridgehead atoms. The standard InChI is InChI=1S/C33H30O4Si/c1-6-36-32(34)30-22-29(23-31(24-30)33(35)37-7-2)19-18-27-12-10-25(11-13-27)8-9-26-14-16-28(17-15-26)20-21-38(3,4)5/h10-17,22-24H,6-7H2,1-5H3. The molecule has 3 aromatic rings. The van der Waals surface area contributed by atoms with Crippen molar-refractivity contribution in [3.8, 4) is 35.1 Å². The minimum Gasteiger partial charge on any atom is -0.462 e. The second-order valence-corrected chi connectivity index (χ2v) is 14.1. The van der Waals surface area contributed by atoms with Crippen LogP contribution in [0, 0.1) is 35.1 Å². The Kier molecular flexibility index (Phi) is 9.72. The van der Waals surface area contributed by atoms with Gasteiger partial charge in [-0.25, -0.2) is 9.59 Å². The quantitative estimate of drug-likeness (QED) is 0.239. The van der Waals surface area contributed by atoms with E-state index < -0.39 is 20.0 Å². The van der Waals surface area contributed by atoms with Crippen LogP contribution in [0.1, 0.15) is 62.4 Å². The lowest BCUT2D eigenvalue weighted by atomic mass is 10.0. The van der Waals surface area contributed by atoms with E-state index in [-0.39, 0.29) is 24.3 Å². The molecule has 0 aliphatic rings. The van der Waals surface area contributed by atoms with Crippen LogP contribution in [0.4, 0.5) is 0 Å². The lowest BCUT2D eigenvalue weighted by Gasteiger charge is -2.06. The molecule has 0 radical (unpaired) electrons. The molecule has 0 N–H and O–H groups in total. The molecule has 190 valence electrons. The molecule has 0 spiro atoms. The summed E-state index contributed by atoms with van der Waals surface area (Å²) in [6.07, 6.45) is 0.